The number of hydrogen-bond donors (Lipinski definition) is 2. The van der Waals surface area contributed by atoms with E-state index in [0.717, 1.165) is 18.6 Å². The fourth-order valence-electron chi connectivity index (χ4n) is 6.68. The molecule has 3 saturated carbocycles. The predicted octanol–water partition coefficient (Wildman–Crippen LogP) is 7.67. The van der Waals surface area contributed by atoms with Gasteiger partial charge in [-0.3, -0.25) is 0 Å². The molecule has 3 rings (SSSR count). The minimum Gasteiger partial charge on any atom is -0.365 e. The molecule has 0 heterocycles. The van der Waals surface area contributed by atoms with Gasteiger partial charge in [-0.05, 0) is 35.7 Å². The maximum absolute atomic E-state index is 15.5. The van der Waals surface area contributed by atoms with Gasteiger partial charge in [0.25, 0.3) is 5.92 Å². The standard InChI is InChI=1S/C27H38F6O2/c1-16(2)7-6-8-18(4)21-23(5)13-14-25(28,29)20(22(23)27(32,33)26(21,30)31)10-9-19-15-24(34,35)12-11-17(19)3/h9-10,16,18,21-22,34-35H,3,6-8,11-15H2,1-2,4-5H3/b19-9-,20-10-/t18-,21-,22-,23-/m1/s1. The van der Waals surface area contributed by atoms with E-state index in [-0.39, 0.29) is 24.8 Å². The Balaban J connectivity index is 2.05. The van der Waals surface area contributed by atoms with Crippen LogP contribution in [0.15, 0.2) is 35.5 Å². The van der Waals surface area contributed by atoms with Gasteiger partial charge in [-0.2, -0.15) is 17.6 Å². The van der Waals surface area contributed by atoms with Gasteiger partial charge in [0.1, 0.15) is 0 Å². The molecule has 0 bridgehead atoms. The van der Waals surface area contributed by atoms with Crippen LogP contribution in [0, 0.1) is 29.1 Å². The molecule has 3 aliphatic rings. The quantitative estimate of drug-likeness (QED) is 0.285. The van der Waals surface area contributed by atoms with Gasteiger partial charge in [0.05, 0.1) is 5.92 Å². The topological polar surface area (TPSA) is 40.5 Å². The van der Waals surface area contributed by atoms with Crippen molar-refractivity contribution in [3.8, 4) is 0 Å². The van der Waals surface area contributed by atoms with Crippen LogP contribution in [0.4, 0.5) is 26.3 Å². The molecule has 200 valence electrons. The molecule has 8 heteroatoms. The van der Waals surface area contributed by atoms with Gasteiger partial charge >= 0.3 is 11.8 Å². The Bertz CT molecular complexity index is 888. The highest BCUT2D eigenvalue weighted by molar-refractivity contribution is 5.40. The van der Waals surface area contributed by atoms with Gasteiger partial charge in [0.15, 0.2) is 5.79 Å². The third-order valence-corrected chi connectivity index (χ3v) is 8.51. The van der Waals surface area contributed by atoms with Crippen molar-refractivity contribution in [2.24, 2.45) is 29.1 Å². The van der Waals surface area contributed by atoms with Gasteiger partial charge in [-0.1, -0.05) is 71.3 Å². The maximum atomic E-state index is 15.5. The zero-order chi connectivity index (χ0) is 26.6. The second kappa shape index (κ2) is 9.23. The highest BCUT2D eigenvalue weighted by Crippen LogP contribution is 2.72. The Morgan fingerprint density at radius 2 is 1.57 bits per heavy atom. The molecule has 0 amide bonds. The molecule has 0 aromatic carbocycles. The molecule has 2 nitrogen and oxygen atoms in total. The Kier molecular flexibility index (Phi) is 7.46. The first-order chi connectivity index (χ1) is 15.9. The van der Waals surface area contributed by atoms with Gasteiger partial charge in [0.2, 0.25) is 0 Å². The second-order valence-electron chi connectivity index (χ2n) is 11.7. The summed E-state index contributed by atoms with van der Waals surface area (Å²) in [6.45, 7) is 10.6. The van der Waals surface area contributed by atoms with Crippen molar-refractivity contribution in [1.82, 2.24) is 0 Å². The fourth-order valence-corrected chi connectivity index (χ4v) is 6.68. The van der Waals surface area contributed by atoms with Crippen LogP contribution in [0.5, 0.6) is 0 Å². The Morgan fingerprint density at radius 1 is 0.943 bits per heavy atom. The molecule has 2 N–H and O–H groups in total. The van der Waals surface area contributed by atoms with Crippen LogP contribution in [-0.2, 0) is 0 Å². The average molecular weight is 509 g/mol. The summed E-state index contributed by atoms with van der Waals surface area (Å²) in [5.74, 6) is -19.3. The van der Waals surface area contributed by atoms with Crippen molar-refractivity contribution >= 4 is 0 Å². The minimum absolute atomic E-state index is 0.0112. The normalized spacial score (nSPS) is 36.5. The second-order valence-corrected chi connectivity index (χ2v) is 11.7. The van der Waals surface area contributed by atoms with Crippen LogP contribution in [0.1, 0.15) is 79.1 Å². The summed E-state index contributed by atoms with van der Waals surface area (Å²) in [7, 11) is 0. The van der Waals surface area contributed by atoms with Gasteiger partial charge < -0.3 is 10.2 Å². The van der Waals surface area contributed by atoms with Gasteiger partial charge in [0, 0.05) is 30.8 Å². The van der Waals surface area contributed by atoms with Crippen LogP contribution < -0.4 is 0 Å². The number of aliphatic hydroxyl groups is 2. The highest BCUT2D eigenvalue weighted by Gasteiger charge is 2.81. The number of halogens is 6. The first kappa shape index (κ1) is 28.3. The third kappa shape index (κ3) is 4.98. The number of hydrogen-bond acceptors (Lipinski definition) is 2. The van der Waals surface area contributed by atoms with E-state index >= 15 is 26.3 Å². The summed E-state index contributed by atoms with van der Waals surface area (Å²) in [5.41, 5.74) is -2.00. The minimum atomic E-state index is -4.64. The Morgan fingerprint density at radius 3 is 2.17 bits per heavy atom. The van der Waals surface area contributed by atoms with Crippen LogP contribution in [0.25, 0.3) is 0 Å². The van der Waals surface area contributed by atoms with E-state index in [1.54, 1.807) is 0 Å². The molecule has 0 aliphatic heterocycles. The molecule has 0 saturated heterocycles. The molecular formula is C27H38F6O2. The van der Waals surface area contributed by atoms with Crippen molar-refractivity contribution < 1.29 is 36.6 Å². The van der Waals surface area contributed by atoms with E-state index in [2.05, 4.69) is 6.58 Å². The van der Waals surface area contributed by atoms with E-state index in [1.165, 1.54) is 13.8 Å². The van der Waals surface area contributed by atoms with E-state index in [9.17, 15) is 10.2 Å². The molecule has 0 aromatic heterocycles. The summed E-state index contributed by atoms with van der Waals surface area (Å²) in [5, 5.41) is 19.9. The molecule has 3 aliphatic carbocycles. The molecule has 3 fully saturated rings. The summed E-state index contributed by atoms with van der Waals surface area (Å²) < 4.78 is 92.0. The third-order valence-electron chi connectivity index (χ3n) is 8.51. The van der Waals surface area contributed by atoms with E-state index in [4.69, 9.17) is 0 Å². The maximum Gasteiger partial charge on any atom is 0.317 e. The average Bonchev–Trinajstić information content (AvgIpc) is 2.82. The van der Waals surface area contributed by atoms with E-state index in [0.29, 0.717) is 24.3 Å². The Hall–Kier alpha value is -1.28. The molecule has 4 atom stereocenters. The molecule has 35 heavy (non-hydrogen) atoms. The van der Waals surface area contributed by atoms with Crippen molar-refractivity contribution in [3.05, 3.63) is 35.5 Å². The Labute approximate surface area is 204 Å². The lowest BCUT2D eigenvalue weighted by Gasteiger charge is -2.46. The lowest BCUT2D eigenvalue weighted by molar-refractivity contribution is -0.224. The van der Waals surface area contributed by atoms with Crippen LogP contribution >= 0.6 is 0 Å². The van der Waals surface area contributed by atoms with Crippen molar-refractivity contribution in [3.63, 3.8) is 0 Å². The fraction of sp³-hybridized carbons (Fsp3) is 0.778. The van der Waals surface area contributed by atoms with Crippen molar-refractivity contribution in [2.45, 2.75) is 103 Å². The van der Waals surface area contributed by atoms with E-state index < -0.39 is 65.1 Å². The lowest BCUT2D eigenvalue weighted by atomic mass is 9.59. The molecule has 0 spiro atoms. The highest BCUT2D eigenvalue weighted by atomic mass is 19.3. The molecular weight excluding hydrogens is 470 g/mol. The zero-order valence-electron chi connectivity index (χ0n) is 21.0. The van der Waals surface area contributed by atoms with Crippen LogP contribution in [0.3, 0.4) is 0 Å². The summed E-state index contributed by atoms with van der Waals surface area (Å²) in [6, 6.07) is 0. The van der Waals surface area contributed by atoms with Crippen LogP contribution in [0.2, 0.25) is 0 Å². The van der Waals surface area contributed by atoms with Crippen molar-refractivity contribution in [1.29, 1.82) is 0 Å². The SMILES string of the molecule is C=C1CCC(O)(O)C/C1=C/C=C1/[C@H]2C(F)(F)C(F)(F)[C@H]([C@H](C)CCCC(C)C)[C@@]2(C)CCC1(F)F. The number of rotatable bonds is 6. The molecule has 0 unspecified atom stereocenters. The molecule has 0 radical (unpaired) electrons. The summed E-state index contributed by atoms with van der Waals surface area (Å²) >= 11 is 0. The van der Waals surface area contributed by atoms with E-state index in [1.807, 2.05) is 13.8 Å². The van der Waals surface area contributed by atoms with Crippen LogP contribution in [-0.4, -0.2) is 33.8 Å². The smallest absolute Gasteiger partial charge is 0.317 e. The number of fused-ring (bicyclic) bond motifs is 1. The first-order valence-electron chi connectivity index (χ1n) is 12.5. The first-order valence-corrected chi connectivity index (χ1v) is 12.5. The largest absolute Gasteiger partial charge is 0.365 e. The van der Waals surface area contributed by atoms with Gasteiger partial charge in [-0.15, -0.1) is 0 Å². The van der Waals surface area contributed by atoms with Gasteiger partial charge in [-0.25, -0.2) is 8.78 Å². The summed E-state index contributed by atoms with van der Waals surface area (Å²) in [6.07, 6.45) is 2.35. The molecule has 0 aromatic rings. The van der Waals surface area contributed by atoms with Crippen molar-refractivity contribution in [2.75, 3.05) is 0 Å². The lowest BCUT2D eigenvalue weighted by Crippen LogP contribution is -2.47. The monoisotopic (exact) mass is 508 g/mol. The predicted molar refractivity (Wildman–Crippen MR) is 123 cm³/mol. The summed E-state index contributed by atoms with van der Waals surface area (Å²) in [4.78, 5) is 0. The zero-order valence-corrected chi connectivity index (χ0v) is 21.0. The number of alkyl halides is 6. The number of allylic oxidation sites excluding steroid dienone is 4.